The van der Waals surface area contributed by atoms with Gasteiger partial charge < -0.3 is 10.6 Å². The van der Waals surface area contributed by atoms with Crippen molar-refractivity contribution < 1.29 is 4.79 Å². The monoisotopic (exact) mass is 374 g/mol. The molecule has 1 fully saturated rings. The van der Waals surface area contributed by atoms with Crippen molar-refractivity contribution in [2.75, 3.05) is 10.6 Å². The lowest BCUT2D eigenvalue weighted by Crippen LogP contribution is -2.25. The first-order valence-electron chi connectivity index (χ1n) is 7.88. The van der Waals surface area contributed by atoms with Crippen LogP contribution in [0.15, 0.2) is 40.9 Å². The molecule has 0 radical (unpaired) electrons. The molecule has 1 amide bonds. The van der Waals surface area contributed by atoms with Crippen molar-refractivity contribution in [1.29, 1.82) is 0 Å². The summed E-state index contributed by atoms with van der Waals surface area (Å²) in [5.41, 5.74) is 0.932. The van der Waals surface area contributed by atoms with Crippen molar-refractivity contribution in [2.45, 2.75) is 32.1 Å². The maximum atomic E-state index is 12.2. The van der Waals surface area contributed by atoms with E-state index in [-0.39, 0.29) is 11.8 Å². The van der Waals surface area contributed by atoms with E-state index in [0.29, 0.717) is 11.6 Å². The number of aromatic nitrogens is 2. The minimum Gasteiger partial charge on any atom is -0.339 e. The molecule has 120 valence electrons. The van der Waals surface area contributed by atoms with Gasteiger partial charge in [-0.05, 0) is 49.2 Å². The zero-order chi connectivity index (χ0) is 16.1. The van der Waals surface area contributed by atoms with Crippen LogP contribution in [-0.4, -0.2) is 16.1 Å². The molecule has 6 heteroatoms. The molecule has 23 heavy (non-hydrogen) atoms. The summed E-state index contributed by atoms with van der Waals surface area (Å²) >= 11 is 3.40. The molecule has 2 N–H and O–H groups in total. The van der Waals surface area contributed by atoms with Gasteiger partial charge in [0, 0.05) is 16.1 Å². The van der Waals surface area contributed by atoms with E-state index in [2.05, 4.69) is 36.8 Å². The minimum absolute atomic E-state index is 0.0626. The maximum absolute atomic E-state index is 12.2. The summed E-state index contributed by atoms with van der Waals surface area (Å²) in [5.74, 6) is 1.32. The number of carbonyl (C=O) groups excluding carboxylic acids is 1. The van der Waals surface area contributed by atoms with Crippen LogP contribution in [0.4, 0.5) is 17.3 Å². The average molecular weight is 375 g/mol. The number of halogens is 1. The first-order chi connectivity index (χ1) is 11.2. The molecule has 0 bridgehead atoms. The molecular formula is C17H19BrN4O. The van der Waals surface area contributed by atoms with Gasteiger partial charge in [-0.15, -0.1) is 10.2 Å². The molecule has 5 nitrogen and oxygen atoms in total. The van der Waals surface area contributed by atoms with Gasteiger partial charge in [0.15, 0.2) is 11.6 Å². The van der Waals surface area contributed by atoms with Gasteiger partial charge >= 0.3 is 0 Å². The number of hydrogen-bond donors (Lipinski definition) is 2. The fraction of sp³-hybridized carbons (Fsp3) is 0.353. The van der Waals surface area contributed by atoms with Crippen molar-refractivity contribution in [3.63, 3.8) is 0 Å². The largest absolute Gasteiger partial charge is 0.339 e. The maximum Gasteiger partial charge on any atom is 0.228 e. The van der Waals surface area contributed by atoms with Crippen LogP contribution in [0.5, 0.6) is 0 Å². The Labute approximate surface area is 144 Å². The minimum atomic E-state index is 0.0626. The molecular weight excluding hydrogens is 356 g/mol. The molecule has 1 aliphatic rings. The molecule has 0 spiro atoms. The molecule has 1 aromatic heterocycles. The predicted octanol–water partition coefficient (Wildman–Crippen LogP) is 4.50. The van der Waals surface area contributed by atoms with Crippen LogP contribution < -0.4 is 10.6 Å². The number of anilines is 3. The van der Waals surface area contributed by atoms with E-state index in [1.54, 1.807) is 6.07 Å². The molecule has 1 saturated carbocycles. The van der Waals surface area contributed by atoms with Crippen LogP contribution in [0.1, 0.15) is 32.1 Å². The Kier molecular flexibility index (Phi) is 5.23. The summed E-state index contributed by atoms with van der Waals surface area (Å²) in [5, 5.41) is 14.2. The number of amides is 1. The van der Waals surface area contributed by atoms with Crippen molar-refractivity contribution in [3.8, 4) is 0 Å². The van der Waals surface area contributed by atoms with Gasteiger partial charge in [0.25, 0.3) is 0 Å². The van der Waals surface area contributed by atoms with Crippen LogP contribution >= 0.6 is 15.9 Å². The second kappa shape index (κ2) is 7.55. The standard InChI is InChI=1S/C17H19BrN4O/c18-13-6-8-14(9-7-13)19-15-10-11-16(22-21-15)20-17(23)12-4-2-1-3-5-12/h6-12H,1-5H2,(H,19,21)(H,20,22,23). The first kappa shape index (κ1) is 15.9. The number of nitrogens with one attached hydrogen (secondary N) is 2. The summed E-state index contributed by atoms with van der Waals surface area (Å²) in [6.07, 6.45) is 5.46. The fourth-order valence-electron chi connectivity index (χ4n) is 2.74. The van der Waals surface area contributed by atoms with Crippen molar-refractivity contribution >= 4 is 39.2 Å². The number of hydrogen-bond acceptors (Lipinski definition) is 4. The highest BCUT2D eigenvalue weighted by Crippen LogP contribution is 2.25. The molecule has 0 atom stereocenters. The Hall–Kier alpha value is -1.95. The normalized spacial score (nSPS) is 15.2. The number of rotatable bonds is 4. The first-order valence-corrected chi connectivity index (χ1v) is 8.67. The van der Waals surface area contributed by atoms with E-state index < -0.39 is 0 Å². The molecule has 0 saturated heterocycles. The third-order valence-electron chi connectivity index (χ3n) is 4.01. The Bertz CT molecular complexity index is 651. The van der Waals surface area contributed by atoms with E-state index in [1.165, 1.54) is 6.42 Å². The lowest BCUT2D eigenvalue weighted by Gasteiger charge is -2.20. The molecule has 0 unspecified atom stereocenters. The van der Waals surface area contributed by atoms with Crippen LogP contribution in [-0.2, 0) is 4.79 Å². The highest BCUT2D eigenvalue weighted by Gasteiger charge is 2.21. The Morgan fingerprint density at radius 3 is 2.26 bits per heavy atom. The van der Waals surface area contributed by atoms with Gasteiger partial charge in [0.05, 0.1) is 0 Å². The predicted molar refractivity (Wildman–Crippen MR) is 94.7 cm³/mol. The van der Waals surface area contributed by atoms with Crippen LogP contribution in [0, 0.1) is 5.92 Å². The second-order valence-electron chi connectivity index (χ2n) is 5.76. The number of nitrogens with zero attached hydrogens (tertiary/aromatic N) is 2. The third kappa shape index (κ3) is 4.51. The van der Waals surface area contributed by atoms with Crippen molar-refractivity contribution in [2.24, 2.45) is 5.92 Å². The summed E-state index contributed by atoms with van der Waals surface area (Å²) in [6.45, 7) is 0. The Morgan fingerprint density at radius 1 is 0.957 bits per heavy atom. The topological polar surface area (TPSA) is 66.9 Å². The van der Waals surface area contributed by atoms with Crippen molar-refractivity contribution in [3.05, 3.63) is 40.9 Å². The summed E-state index contributed by atoms with van der Waals surface area (Å²) in [6, 6.07) is 11.4. The molecule has 3 rings (SSSR count). The zero-order valence-corrected chi connectivity index (χ0v) is 14.3. The van der Waals surface area contributed by atoms with Gasteiger partial charge in [-0.3, -0.25) is 4.79 Å². The van der Waals surface area contributed by atoms with Crippen LogP contribution in [0.3, 0.4) is 0 Å². The van der Waals surface area contributed by atoms with E-state index in [1.807, 2.05) is 30.3 Å². The van der Waals surface area contributed by atoms with Gasteiger partial charge in [-0.2, -0.15) is 0 Å². The van der Waals surface area contributed by atoms with E-state index >= 15 is 0 Å². The Morgan fingerprint density at radius 2 is 1.61 bits per heavy atom. The van der Waals surface area contributed by atoms with Gasteiger partial charge in [-0.1, -0.05) is 35.2 Å². The third-order valence-corrected chi connectivity index (χ3v) is 4.54. The quantitative estimate of drug-likeness (QED) is 0.826. The van der Waals surface area contributed by atoms with Gasteiger partial charge in [-0.25, -0.2) is 0 Å². The highest BCUT2D eigenvalue weighted by molar-refractivity contribution is 9.10. The lowest BCUT2D eigenvalue weighted by molar-refractivity contribution is -0.120. The summed E-state index contributed by atoms with van der Waals surface area (Å²) in [4.78, 5) is 12.2. The van der Waals surface area contributed by atoms with E-state index in [4.69, 9.17) is 0 Å². The molecule has 1 heterocycles. The smallest absolute Gasteiger partial charge is 0.228 e. The number of benzene rings is 1. The molecule has 1 aromatic carbocycles. The van der Waals surface area contributed by atoms with Crippen LogP contribution in [0.25, 0.3) is 0 Å². The average Bonchev–Trinajstić information content (AvgIpc) is 2.59. The SMILES string of the molecule is O=C(Nc1ccc(Nc2ccc(Br)cc2)nn1)C1CCCCC1. The second-order valence-corrected chi connectivity index (χ2v) is 6.68. The van der Waals surface area contributed by atoms with Crippen molar-refractivity contribution in [1.82, 2.24) is 10.2 Å². The lowest BCUT2D eigenvalue weighted by atomic mass is 9.89. The summed E-state index contributed by atoms with van der Waals surface area (Å²) < 4.78 is 1.02. The molecule has 2 aromatic rings. The van der Waals surface area contributed by atoms with Gasteiger partial charge in [0.1, 0.15) is 0 Å². The van der Waals surface area contributed by atoms with Gasteiger partial charge in [0.2, 0.25) is 5.91 Å². The Balaban J connectivity index is 1.58. The number of carbonyl (C=O) groups is 1. The highest BCUT2D eigenvalue weighted by atomic mass is 79.9. The van der Waals surface area contributed by atoms with E-state index in [9.17, 15) is 4.79 Å². The fourth-order valence-corrected chi connectivity index (χ4v) is 3.00. The van der Waals surface area contributed by atoms with E-state index in [0.717, 1.165) is 35.8 Å². The molecule has 1 aliphatic carbocycles. The zero-order valence-electron chi connectivity index (χ0n) is 12.8. The van der Waals surface area contributed by atoms with Crippen LogP contribution in [0.2, 0.25) is 0 Å². The summed E-state index contributed by atoms with van der Waals surface area (Å²) in [7, 11) is 0. The molecule has 0 aliphatic heterocycles.